The minimum atomic E-state index is -0.772. The lowest BCUT2D eigenvalue weighted by Crippen LogP contribution is -2.46. The molecule has 0 saturated carbocycles. The molecule has 3 N–H and O–H groups in total. The molecule has 0 saturated heterocycles. The summed E-state index contributed by atoms with van der Waals surface area (Å²) in [7, 11) is 0. The second-order valence-corrected chi connectivity index (χ2v) is 5.57. The molecule has 25 heavy (non-hydrogen) atoms. The van der Waals surface area contributed by atoms with Crippen molar-refractivity contribution in [3.05, 3.63) is 52.8 Å². The largest absolute Gasteiger partial charge is 0.334 e. The van der Waals surface area contributed by atoms with Crippen molar-refractivity contribution in [2.75, 3.05) is 0 Å². The van der Waals surface area contributed by atoms with Crippen LogP contribution in [0.3, 0.4) is 0 Å². The van der Waals surface area contributed by atoms with Gasteiger partial charge in [-0.15, -0.1) is 0 Å². The Morgan fingerprint density at radius 3 is 2.56 bits per heavy atom. The van der Waals surface area contributed by atoms with Crippen LogP contribution in [0, 0.1) is 11.6 Å². The number of halogens is 3. The summed E-state index contributed by atoms with van der Waals surface area (Å²) in [6.45, 7) is 2.74. The Bertz CT molecular complexity index is 817. The highest BCUT2D eigenvalue weighted by atomic mass is 35.5. The Morgan fingerprint density at radius 1 is 1.20 bits per heavy atom. The van der Waals surface area contributed by atoms with Gasteiger partial charge in [0, 0.05) is 24.2 Å². The fourth-order valence-electron chi connectivity index (χ4n) is 2.09. The number of hydrogen-bond donors (Lipinski definition) is 3. The summed E-state index contributed by atoms with van der Waals surface area (Å²) in [4.78, 5) is 26.3. The van der Waals surface area contributed by atoms with Crippen LogP contribution in [0.5, 0.6) is 0 Å². The first kappa shape index (κ1) is 18.6. The van der Waals surface area contributed by atoms with E-state index in [1.807, 2.05) is 0 Å². The smallest absolute Gasteiger partial charge is 0.329 e. The van der Waals surface area contributed by atoms with E-state index in [1.54, 1.807) is 6.07 Å². The molecule has 1 atom stereocenters. The summed E-state index contributed by atoms with van der Waals surface area (Å²) in [6, 6.07) is 3.87. The Balaban J connectivity index is 2.17. The Kier molecular flexibility index (Phi) is 5.87. The van der Waals surface area contributed by atoms with Gasteiger partial charge in [0.25, 0.3) is 0 Å². The van der Waals surface area contributed by atoms with Crippen molar-refractivity contribution in [2.45, 2.75) is 19.9 Å². The monoisotopic (exact) mass is 368 g/mol. The van der Waals surface area contributed by atoms with Crippen LogP contribution >= 0.6 is 11.6 Å². The van der Waals surface area contributed by atoms with Crippen LogP contribution < -0.4 is 16.2 Å². The lowest BCUT2D eigenvalue weighted by molar-refractivity contribution is -0.119. The second-order valence-electron chi connectivity index (χ2n) is 5.19. The first-order valence-electron chi connectivity index (χ1n) is 7.22. The van der Waals surface area contributed by atoms with Gasteiger partial charge in [-0.3, -0.25) is 15.2 Å². The number of nitrogens with zero attached hydrogens (tertiary/aromatic N) is 1. The molecule has 1 aromatic carbocycles. The summed E-state index contributed by atoms with van der Waals surface area (Å²) >= 11 is 5.89. The van der Waals surface area contributed by atoms with Gasteiger partial charge in [0.15, 0.2) is 0 Å². The van der Waals surface area contributed by atoms with Gasteiger partial charge >= 0.3 is 6.03 Å². The third-order valence-electron chi connectivity index (χ3n) is 3.24. The van der Waals surface area contributed by atoms with E-state index in [0.29, 0.717) is 11.1 Å². The SMILES string of the molecule is CC(=O)NNC(=O)N[C@H](C)c1ncc(-c2cccc(F)c2Cl)cc1F. The van der Waals surface area contributed by atoms with E-state index >= 15 is 0 Å². The molecule has 132 valence electrons. The highest BCUT2D eigenvalue weighted by molar-refractivity contribution is 6.33. The average molecular weight is 369 g/mol. The fourth-order valence-corrected chi connectivity index (χ4v) is 2.32. The van der Waals surface area contributed by atoms with Crippen LogP contribution in [-0.2, 0) is 4.79 Å². The van der Waals surface area contributed by atoms with E-state index in [-0.39, 0.29) is 10.7 Å². The Hall–Kier alpha value is -2.74. The summed E-state index contributed by atoms with van der Waals surface area (Å²) < 4.78 is 27.9. The van der Waals surface area contributed by atoms with E-state index in [0.717, 1.165) is 6.07 Å². The first-order chi connectivity index (χ1) is 11.8. The second kappa shape index (κ2) is 7.89. The number of carbonyl (C=O) groups is 2. The molecule has 0 aliphatic carbocycles. The van der Waals surface area contributed by atoms with Gasteiger partial charge in [-0.2, -0.15) is 0 Å². The van der Waals surface area contributed by atoms with Gasteiger partial charge in [-0.1, -0.05) is 23.7 Å². The quantitative estimate of drug-likeness (QED) is 0.728. The Labute approximate surface area is 147 Å². The maximum absolute atomic E-state index is 14.3. The van der Waals surface area contributed by atoms with Crippen LogP contribution in [0.4, 0.5) is 13.6 Å². The zero-order valence-corrected chi connectivity index (χ0v) is 14.1. The zero-order valence-electron chi connectivity index (χ0n) is 13.4. The zero-order chi connectivity index (χ0) is 18.6. The molecule has 1 heterocycles. The third-order valence-corrected chi connectivity index (χ3v) is 3.63. The molecule has 1 aromatic heterocycles. The molecule has 0 fully saturated rings. The molecule has 6 nitrogen and oxygen atoms in total. The lowest BCUT2D eigenvalue weighted by atomic mass is 10.1. The summed E-state index contributed by atoms with van der Waals surface area (Å²) in [5.74, 6) is -1.76. The van der Waals surface area contributed by atoms with Crippen LogP contribution in [-0.4, -0.2) is 16.9 Å². The minimum Gasteiger partial charge on any atom is -0.329 e. The maximum atomic E-state index is 14.3. The van der Waals surface area contributed by atoms with Crippen LogP contribution in [0.1, 0.15) is 25.6 Å². The number of hydrogen-bond acceptors (Lipinski definition) is 3. The number of carbonyl (C=O) groups excluding carboxylic acids is 2. The van der Waals surface area contributed by atoms with Crippen molar-refractivity contribution in [1.29, 1.82) is 0 Å². The molecule has 2 aromatic rings. The van der Waals surface area contributed by atoms with Crippen molar-refractivity contribution < 1.29 is 18.4 Å². The molecule has 0 spiro atoms. The highest BCUT2D eigenvalue weighted by Crippen LogP contribution is 2.30. The molecule has 0 bridgehead atoms. The lowest BCUT2D eigenvalue weighted by Gasteiger charge is -2.15. The van der Waals surface area contributed by atoms with Crippen molar-refractivity contribution in [2.24, 2.45) is 0 Å². The van der Waals surface area contributed by atoms with Gasteiger partial charge in [0.1, 0.15) is 11.6 Å². The normalized spacial score (nSPS) is 11.6. The molecule has 0 aliphatic heterocycles. The minimum absolute atomic E-state index is 0.0192. The molecule has 9 heteroatoms. The van der Waals surface area contributed by atoms with Crippen LogP contribution in [0.25, 0.3) is 11.1 Å². The molecule has 0 radical (unpaired) electrons. The van der Waals surface area contributed by atoms with Crippen molar-refractivity contribution in [1.82, 2.24) is 21.2 Å². The van der Waals surface area contributed by atoms with Gasteiger partial charge in [-0.05, 0) is 19.1 Å². The van der Waals surface area contributed by atoms with E-state index in [2.05, 4.69) is 21.2 Å². The van der Waals surface area contributed by atoms with Gasteiger partial charge in [-0.25, -0.2) is 19.0 Å². The van der Waals surface area contributed by atoms with Gasteiger partial charge < -0.3 is 5.32 Å². The first-order valence-corrected chi connectivity index (χ1v) is 7.60. The number of rotatable bonds is 3. The van der Waals surface area contributed by atoms with Gasteiger partial charge in [0.2, 0.25) is 5.91 Å². The van der Waals surface area contributed by atoms with Crippen LogP contribution in [0.15, 0.2) is 30.5 Å². The molecule has 2 rings (SSSR count). The fraction of sp³-hybridized carbons (Fsp3) is 0.188. The van der Waals surface area contributed by atoms with Gasteiger partial charge in [0.05, 0.1) is 16.8 Å². The average Bonchev–Trinajstić information content (AvgIpc) is 2.55. The van der Waals surface area contributed by atoms with E-state index in [1.165, 1.54) is 32.2 Å². The number of aromatic nitrogens is 1. The van der Waals surface area contributed by atoms with E-state index < -0.39 is 29.6 Å². The molecular formula is C16H15ClF2N4O2. The number of pyridine rings is 1. The topological polar surface area (TPSA) is 83.1 Å². The standard InChI is InChI=1S/C16H15ClF2N4O2/c1-8(21-16(25)23-22-9(2)24)15-13(19)6-10(7-20-15)11-4-3-5-12(18)14(11)17/h3-8H,1-2H3,(H,22,24)(H2,21,23,25)/t8-/m1/s1. The van der Waals surface area contributed by atoms with Crippen molar-refractivity contribution >= 4 is 23.5 Å². The van der Waals surface area contributed by atoms with E-state index in [9.17, 15) is 18.4 Å². The summed E-state index contributed by atoms with van der Waals surface area (Å²) in [5.41, 5.74) is 4.78. The third kappa shape index (κ3) is 4.63. The summed E-state index contributed by atoms with van der Waals surface area (Å²) in [6.07, 6.45) is 1.34. The molecule has 0 unspecified atom stereocenters. The predicted octanol–water partition coefficient (Wildman–Crippen LogP) is 3.09. The molecule has 3 amide bonds. The summed E-state index contributed by atoms with van der Waals surface area (Å²) in [5, 5.41) is 2.29. The molecule has 0 aliphatic rings. The Morgan fingerprint density at radius 2 is 1.92 bits per heavy atom. The van der Waals surface area contributed by atoms with Crippen molar-refractivity contribution in [3.63, 3.8) is 0 Å². The number of hydrazine groups is 1. The van der Waals surface area contributed by atoms with Crippen molar-refractivity contribution in [3.8, 4) is 11.1 Å². The van der Waals surface area contributed by atoms with E-state index in [4.69, 9.17) is 11.6 Å². The number of amides is 3. The van der Waals surface area contributed by atoms with Crippen LogP contribution in [0.2, 0.25) is 5.02 Å². The maximum Gasteiger partial charge on any atom is 0.334 e. The number of benzene rings is 1. The predicted molar refractivity (Wildman–Crippen MR) is 88.5 cm³/mol. The number of urea groups is 1. The highest BCUT2D eigenvalue weighted by Gasteiger charge is 2.17. The molecular weight excluding hydrogens is 354 g/mol. The number of nitrogens with one attached hydrogen (secondary N) is 3.